The van der Waals surface area contributed by atoms with E-state index >= 15 is 0 Å². The van der Waals surface area contributed by atoms with E-state index in [1.807, 2.05) is 24.3 Å². The smallest absolute Gasteiger partial charge is 0.151 e. The highest BCUT2D eigenvalue weighted by molar-refractivity contribution is 5.28. The van der Waals surface area contributed by atoms with Gasteiger partial charge in [0, 0.05) is 6.42 Å². The lowest BCUT2D eigenvalue weighted by Crippen LogP contribution is -2.19. The number of benzene rings is 1. The molecule has 0 saturated heterocycles. The molecule has 2 aliphatic rings. The zero-order chi connectivity index (χ0) is 16.1. The summed E-state index contributed by atoms with van der Waals surface area (Å²) in [6.45, 7) is 0.705. The summed E-state index contributed by atoms with van der Waals surface area (Å²) in [6.07, 6.45) is 11.7. The van der Waals surface area contributed by atoms with Gasteiger partial charge in [-0.3, -0.25) is 0 Å². The van der Waals surface area contributed by atoms with Gasteiger partial charge in [0.2, 0.25) is 0 Å². The van der Waals surface area contributed by atoms with E-state index < -0.39 is 6.29 Å². The highest BCUT2D eigenvalue weighted by Gasteiger charge is 2.33. The molecule has 1 aromatic carbocycles. The Balaban J connectivity index is 1.52. The molecule has 3 heteroatoms. The number of hydrogen-bond acceptors (Lipinski definition) is 3. The molecule has 0 bridgehead atoms. The zero-order valence-electron chi connectivity index (χ0n) is 13.8. The third-order valence-electron chi connectivity index (χ3n) is 5.32. The van der Waals surface area contributed by atoms with Gasteiger partial charge in [-0.2, -0.15) is 0 Å². The standard InChI is InChI=1S/C20H28O3/c21-19(22)10-7-16-5-8-18(9-6-16)23-15-17-4-3-13-20(14-17)11-1-2-12-20/h5-6,8-9,14,19,21-22H,1-4,7,10-13,15H2. The minimum atomic E-state index is -1.23. The normalized spacial score (nSPS) is 20.0. The van der Waals surface area contributed by atoms with Gasteiger partial charge >= 0.3 is 0 Å². The molecule has 0 atom stereocenters. The molecule has 126 valence electrons. The number of aryl methyl sites for hydroxylation is 1. The minimum Gasteiger partial charge on any atom is -0.489 e. The minimum absolute atomic E-state index is 0.370. The van der Waals surface area contributed by atoms with Crippen molar-refractivity contribution in [3.8, 4) is 5.75 Å². The molecule has 1 aromatic rings. The first-order valence-corrected chi connectivity index (χ1v) is 8.94. The summed E-state index contributed by atoms with van der Waals surface area (Å²) in [5.74, 6) is 0.894. The van der Waals surface area contributed by atoms with Crippen molar-refractivity contribution in [2.45, 2.75) is 64.1 Å². The van der Waals surface area contributed by atoms with Gasteiger partial charge in [0.05, 0.1) is 0 Å². The lowest BCUT2D eigenvalue weighted by atomic mass is 9.75. The summed E-state index contributed by atoms with van der Waals surface area (Å²) in [6, 6.07) is 7.97. The monoisotopic (exact) mass is 316 g/mol. The van der Waals surface area contributed by atoms with E-state index in [0.29, 0.717) is 24.9 Å². The molecule has 0 unspecified atom stereocenters. The van der Waals surface area contributed by atoms with Crippen molar-refractivity contribution >= 4 is 0 Å². The molecule has 2 N–H and O–H groups in total. The summed E-state index contributed by atoms with van der Waals surface area (Å²) in [5.41, 5.74) is 3.06. The Morgan fingerprint density at radius 3 is 2.39 bits per heavy atom. The second kappa shape index (κ2) is 7.50. The van der Waals surface area contributed by atoms with E-state index in [4.69, 9.17) is 14.9 Å². The van der Waals surface area contributed by atoms with Crippen LogP contribution in [0.2, 0.25) is 0 Å². The van der Waals surface area contributed by atoms with Gasteiger partial charge < -0.3 is 14.9 Å². The Labute approximate surface area is 139 Å². The van der Waals surface area contributed by atoms with Gasteiger partial charge in [0.1, 0.15) is 12.4 Å². The van der Waals surface area contributed by atoms with Crippen molar-refractivity contribution in [1.29, 1.82) is 0 Å². The summed E-state index contributed by atoms with van der Waals surface area (Å²) in [4.78, 5) is 0. The van der Waals surface area contributed by atoms with Crippen molar-refractivity contribution < 1.29 is 14.9 Å². The second-order valence-electron chi connectivity index (χ2n) is 7.18. The van der Waals surface area contributed by atoms with Crippen LogP contribution in [0.25, 0.3) is 0 Å². The van der Waals surface area contributed by atoms with Crippen molar-refractivity contribution in [2.75, 3.05) is 6.61 Å². The third-order valence-corrected chi connectivity index (χ3v) is 5.32. The van der Waals surface area contributed by atoms with E-state index in [1.165, 1.54) is 50.5 Å². The first-order valence-electron chi connectivity index (χ1n) is 8.94. The number of allylic oxidation sites excluding steroid dienone is 1. The zero-order valence-corrected chi connectivity index (χ0v) is 13.8. The topological polar surface area (TPSA) is 49.7 Å². The number of aliphatic hydroxyl groups is 2. The molecule has 0 heterocycles. The van der Waals surface area contributed by atoms with E-state index in [0.717, 1.165) is 11.3 Å². The van der Waals surface area contributed by atoms with Crippen LogP contribution in [0.1, 0.15) is 56.9 Å². The van der Waals surface area contributed by atoms with Crippen LogP contribution >= 0.6 is 0 Å². The van der Waals surface area contributed by atoms with Crippen LogP contribution in [0.3, 0.4) is 0 Å². The quantitative estimate of drug-likeness (QED) is 0.616. The van der Waals surface area contributed by atoms with Crippen molar-refractivity contribution in [3.63, 3.8) is 0 Å². The van der Waals surface area contributed by atoms with Crippen molar-refractivity contribution in [3.05, 3.63) is 41.5 Å². The van der Waals surface area contributed by atoms with Crippen molar-refractivity contribution in [2.24, 2.45) is 5.41 Å². The average Bonchev–Trinajstić information content (AvgIpc) is 2.99. The van der Waals surface area contributed by atoms with Gasteiger partial charge in [0.25, 0.3) is 0 Å². The Morgan fingerprint density at radius 2 is 1.70 bits per heavy atom. The maximum absolute atomic E-state index is 8.91. The van der Waals surface area contributed by atoms with E-state index in [-0.39, 0.29) is 0 Å². The Hall–Kier alpha value is -1.32. The lowest BCUT2D eigenvalue weighted by molar-refractivity contribution is -0.0447. The van der Waals surface area contributed by atoms with Crippen LogP contribution in [0.15, 0.2) is 35.9 Å². The maximum atomic E-state index is 8.91. The fraction of sp³-hybridized carbons (Fsp3) is 0.600. The van der Waals surface area contributed by atoms with E-state index in [1.54, 1.807) is 0 Å². The number of ether oxygens (including phenoxy) is 1. The molecule has 2 aliphatic carbocycles. The van der Waals surface area contributed by atoms with Gasteiger partial charge in [-0.15, -0.1) is 0 Å². The third kappa shape index (κ3) is 4.58. The molecule has 0 amide bonds. The SMILES string of the molecule is OC(O)CCc1ccc(OCC2=CC3(CCCC3)CCC2)cc1. The van der Waals surface area contributed by atoms with Gasteiger partial charge in [-0.1, -0.05) is 31.1 Å². The Kier molecular flexibility index (Phi) is 5.39. The van der Waals surface area contributed by atoms with Crippen LogP contribution in [0.4, 0.5) is 0 Å². The maximum Gasteiger partial charge on any atom is 0.151 e. The molecule has 0 radical (unpaired) electrons. The molecule has 1 saturated carbocycles. The van der Waals surface area contributed by atoms with Crippen LogP contribution in [-0.2, 0) is 6.42 Å². The van der Waals surface area contributed by atoms with E-state index in [9.17, 15) is 0 Å². The summed E-state index contributed by atoms with van der Waals surface area (Å²) in [7, 11) is 0. The predicted molar refractivity (Wildman–Crippen MR) is 91.3 cm³/mol. The summed E-state index contributed by atoms with van der Waals surface area (Å²) in [5, 5.41) is 17.8. The van der Waals surface area contributed by atoms with Crippen LogP contribution in [0.5, 0.6) is 5.75 Å². The second-order valence-corrected chi connectivity index (χ2v) is 7.18. The van der Waals surface area contributed by atoms with Crippen LogP contribution in [0, 0.1) is 5.41 Å². The molecule has 3 rings (SSSR count). The van der Waals surface area contributed by atoms with E-state index in [2.05, 4.69) is 6.08 Å². The average molecular weight is 316 g/mol. The van der Waals surface area contributed by atoms with Crippen LogP contribution in [-0.4, -0.2) is 23.1 Å². The fourth-order valence-electron chi connectivity index (χ4n) is 4.06. The Morgan fingerprint density at radius 1 is 1.00 bits per heavy atom. The molecule has 23 heavy (non-hydrogen) atoms. The molecule has 3 nitrogen and oxygen atoms in total. The first kappa shape index (κ1) is 16.5. The van der Waals surface area contributed by atoms with Gasteiger partial charge in [-0.05, 0) is 67.2 Å². The molecule has 1 fully saturated rings. The van der Waals surface area contributed by atoms with Crippen molar-refractivity contribution in [1.82, 2.24) is 0 Å². The lowest BCUT2D eigenvalue weighted by Gasteiger charge is -2.31. The molecular formula is C20H28O3. The van der Waals surface area contributed by atoms with Gasteiger partial charge in [0.15, 0.2) is 6.29 Å². The first-order chi connectivity index (χ1) is 11.2. The number of hydrogen-bond donors (Lipinski definition) is 2. The Bertz CT molecular complexity index is 524. The summed E-state index contributed by atoms with van der Waals surface area (Å²) < 4.78 is 5.96. The van der Waals surface area contributed by atoms with Gasteiger partial charge in [-0.25, -0.2) is 0 Å². The predicted octanol–water partition coefficient (Wildman–Crippen LogP) is 3.98. The highest BCUT2D eigenvalue weighted by atomic mass is 16.5. The number of aliphatic hydroxyl groups excluding tert-OH is 1. The number of rotatable bonds is 6. The van der Waals surface area contributed by atoms with Crippen LogP contribution < -0.4 is 4.74 Å². The summed E-state index contributed by atoms with van der Waals surface area (Å²) >= 11 is 0. The molecular weight excluding hydrogens is 288 g/mol. The molecule has 0 aromatic heterocycles. The molecule has 0 aliphatic heterocycles. The fourth-order valence-corrected chi connectivity index (χ4v) is 4.06. The highest BCUT2D eigenvalue weighted by Crippen LogP contribution is 2.47. The molecule has 1 spiro atoms. The largest absolute Gasteiger partial charge is 0.489 e.